The maximum absolute atomic E-state index is 11.7. The summed E-state index contributed by atoms with van der Waals surface area (Å²) < 4.78 is 16.8. The number of rotatable bonds is 2. The molecular weight excluding hydrogens is 269 g/mol. The first-order chi connectivity index (χ1) is 9.65. The van der Waals surface area contributed by atoms with Gasteiger partial charge in [-0.1, -0.05) is 6.08 Å². The molecule has 1 amide bonds. The Morgan fingerprint density at radius 1 is 1.48 bits per heavy atom. The Morgan fingerprint density at radius 2 is 2.19 bits per heavy atom. The van der Waals surface area contributed by atoms with Gasteiger partial charge in [-0.05, 0) is 59.4 Å². The van der Waals surface area contributed by atoms with Crippen LogP contribution in [-0.2, 0) is 14.0 Å². The topological polar surface area (TPSA) is 56.8 Å². The summed E-state index contributed by atoms with van der Waals surface area (Å²) in [7, 11) is -0.220. The molecule has 1 N–H and O–H groups in total. The molecule has 1 unspecified atom stereocenters. The standard InChI is InChI=1S/C15H26BNO4/c1-14(2,3)20-13(18)17-12-8-6-11(7-9-12)16-19-10-15(4,5)21-16/h6,12H,7-10H2,1-5H3,(H,17,18). The minimum absolute atomic E-state index is 0.123. The summed E-state index contributed by atoms with van der Waals surface area (Å²) in [6, 6.07) is 0.123. The molecule has 1 heterocycles. The van der Waals surface area contributed by atoms with Crippen molar-refractivity contribution in [2.75, 3.05) is 6.61 Å². The van der Waals surface area contributed by atoms with Gasteiger partial charge in [-0.15, -0.1) is 0 Å². The minimum atomic E-state index is -0.461. The fourth-order valence-electron chi connectivity index (χ4n) is 2.49. The number of allylic oxidation sites excluding steroid dienone is 1. The molecule has 0 saturated carbocycles. The molecule has 2 rings (SSSR count). The van der Waals surface area contributed by atoms with Crippen molar-refractivity contribution in [3.8, 4) is 0 Å². The molecule has 21 heavy (non-hydrogen) atoms. The molecule has 1 fully saturated rings. The van der Waals surface area contributed by atoms with E-state index in [1.54, 1.807) is 0 Å². The van der Waals surface area contributed by atoms with Crippen LogP contribution in [0.1, 0.15) is 53.9 Å². The van der Waals surface area contributed by atoms with Crippen molar-refractivity contribution in [1.29, 1.82) is 0 Å². The van der Waals surface area contributed by atoms with Crippen LogP contribution in [0.2, 0.25) is 0 Å². The molecule has 5 nitrogen and oxygen atoms in total. The van der Waals surface area contributed by atoms with Gasteiger partial charge in [0.05, 0.1) is 12.2 Å². The Labute approximate surface area is 127 Å². The molecule has 1 aliphatic carbocycles. The van der Waals surface area contributed by atoms with Gasteiger partial charge in [0.25, 0.3) is 0 Å². The quantitative estimate of drug-likeness (QED) is 0.796. The summed E-state index contributed by atoms with van der Waals surface area (Å²) in [6.45, 7) is 10.3. The zero-order valence-electron chi connectivity index (χ0n) is 13.7. The Kier molecular flexibility index (Phi) is 4.68. The van der Waals surface area contributed by atoms with E-state index < -0.39 is 5.60 Å². The number of carbonyl (C=O) groups excluding carboxylic acids is 1. The Morgan fingerprint density at radius 3 is 2.67 bits per heavy atom. The van der Waals surface area contributed by atoms with Gasteiger partial charge in [-0.2, -0.15) is 0 Å². The zero-order chi connectivity index (χ0) is 15.7. The third-order valence-corrected chi connectivity index (χ3v) is 3.48. The molecule has 6 heteroatoms. The highest BCUT2D eigenvalue weighted by molar-refractivity contribution is 6.54. The third-order valence-electron chi connectivity index (χ3n) is 3.48. The van der Waals surface area contributed by atoms with Crippen LogP contribution in [0, 0.1) is 0 Å². The van der Waals surface area contributed by atoms with Gasteiger partial charge in [0.1, 0.15) is 5.60 Å². The summed E-state index contributed by atoms with van der Waals surface area (Å²) in [5.41, 5.74) is 0.511. The van der Waals surface area contributed by atoms with E-state index in [4.69, 9.17) is 14.0 Å². The van der Waals surface area contributed by atoms with E-state index in [0.717, 1.165) is 19.3 Å². The highest BCUT2D eigenvalue weighted by Gasteiger charge is 2.40. The summed E-state index contributed by atoms with van der Waals surface area (Å²) >= 11 is 0. The van der Waals surface area contributed by atoms with Crippen molar-refractivity contribution in [2.24, 2.45) is 0 Å². The van der Waals surface area contributed by atoms with E-state index in [0.29, 0.717) is 6.61 Å². The molecule has 0 aromatic carbocycles. The number of hydrogen-bond acceptors (Lipinski definition) is 4. The number of nitrogens with one attached hydrogen (secondary N) is 1. The number of ether oxygens (including phenoxy) is 1. The molecule has 118 valence electrons. The normalized spacial score (nSPS) is 25.5. The van der Waals surface area contributed by atoms with Crippen LogP contribution in [0.25, 0.3) is 0 Å². The monoisotopic (exact) mass is 295 g/mol. The van der Waals surface area contributed by atoms with E-state index in [-0.39, 0.29) is 24.9 Å². The Hall–Kier alpha value is -1.01. The lowest BCUT2D eigenvalue weighted by Crippen LogP contribution is -2.40. The SMILES string of the molecule is CC(C)(C)OC(=O)NC1CC=C(B2OCC(C)(C)O2)CC1. The van der Waals surface area contributed by atoms with Crippen molar-refractivity contribution >= 4 is 13.2 Å². The van der Waals surface area contributed by atoms with Crippen LogP contribution in [0.4, 0.5) is 4.79 Å². The lowest BCUT2D eigenvalue weighted by Gasteiger charge is -2.26. The number of alkyl carbamates (subject to hydrolysis) is 1. The Balaban J connectivity index is 1.81. The average molecular weight is 295 g/mol. The first-order valence-electron chi connectivity index (χ1n) is 7.62. The highest BCUT2D eigenvalue weighted by Crippen LogP contribution is 2.29. The predicted molar refractivity (Wildman–Crippen MR) is 82.0 cm³/mol. The predicted octanol–water partition coefficient (Wildman–Crippen LogP) is 2.84. The van der Waals surface area contributed by atoms with Crippen molar-refractivity contribution in [3.05, 3.63) is 11.5 Å². The molecule has 0 aromatic heterocycles. The van der Waals surface area contributed by atoms with Gasteiger partial charge in [0.15, 0.2) is 0 Å². The molecule has 1 atom stereocenters. The van der Waals surface area contributed by atoms with Gasteiger partial charge in [-0.3, -0.25) is 0 Å². The third kappa shape index (κ3) is 5.04. The fourth-order valence-corrected chi connectivity index (χ4v) is 2.49. The number of amides is 1. The molecule has 0 spiro atoms. The van der Waals surface area contributed by atoms with Crippen LogP contribution >= 0.6 is 0 Å². The second kappa shape index (κ2) is 6.01. The second-order valence-electron chi connectivity index (χ2n) is 7.42. The molecule has 0 bridgehead atoms. The van der Waals surface area contributed by atoms with Gasteiger partial charge in [-0.25, -0.2) is 4.79 Å². The van der Waals surface area contributed by atoms with E-state index in [1.807, 2.05) is 34.6 Å². The van der Waals surface area contributed by atoms with Crippen molar-refractivity contribution in [3.63, 3.8) is 0 Å². The molecular formula is C15H26BNO4. The maximum atomic E-state index is 11.7. The van der Waals surface area contributed by atoms with Crippen LogP contribution in [0.3, 0.4) is 0 Å². The van der Waals surface area contributed by atoms with Crippen LogP contribution in [-0.4, -0.2) is 37.1 Å². The summed E-state index contributed by atoms with van der Waals surface area (Å²) in [5.74, 6) is 0. The highest BCUT2D eigenvalue weighted by atomic mass is 16.7. The van der Waals surface area contributed by atoms with Crippen molar-refractivity contribution in [1.82, 2.24) is 5.32 Å². The molecule has 0 radical (unpaired) electrons. The average Bonchev–Trinajstić information content (AvgIpc) is 2.68. The largest absolute Gasteiger partial charge is 0.489 e. The van der Waals surface area contributed by atoms with Gasteiger partial charge < -0.3 is 19.4 Å². The van der Waals surface area contributed by atoms with Crippen LogP contribution < -0.4 is 5.32 Å². The summed E-state index contributed by atoms with van der Waals surface area (Å²) in [4.78, 5) is 11.7. The summed E-state index contributed by atoms with van der Waals surface area (Å²) in [6.07, 6.45) is 4.32. The lowest BCUT2D eigenvalue weighted by atomic mass is 9.72. The first kappa shape index (κ1) is 16.4. The van der Waals surface area contributed by atoms with E-state index in [1.165, 1.54) is 5.47 Å². The summed E-state index contributed by atoms with van der Waals surface area (Å²) in [5, 5.41) is 2.92. The van der Waals surface area contributed by atoms with Crippen molar-refractivity contribution in [2.45, 2.75) is 71.1 Å². The van der Waals surface area contributed by atoms with Gasteiger partial charge in [0.2, 0.25) is 0 Å². The molecule has 1 saturated heterocycles. The molecule has 1 aliphatic heterocycles. The van der Waals surface area contributed by atoms with Crippen molar-refractivity contribution < 1.29 is 18.8 Å². The zero-order valence-corrected chi connectivity index (χ0v) is 13.7. The molecule has 2 aliphatic rings. The number of hydrogen-bond donors (Lipinski definition) is 1. The molecule has 0 aromatic rings. The van der Waals surface area contributed by atoms with Crippen LogP contribution in [0.15, 0.2) is 11.5 Å². The van der Waals surface area contributed by atoms with Gasteiger partial charge in [0, 0.05) is 6.04 Å². The Bertz CT molecular complexity index is 428. The smallest absolute Gasteiger partial charge is 0.444 e. The fraction of sp³-hybridized carbons (Fsp3) is 0.800. The number of carbonyl (C=O) groups is 1. The van der Waals surface area contributed by atoms with E-state index in [2.05, 4.69) is 11.4 Å². The lowest BCUT2D eigenvalue weighted by molar-refractivity contribution is 0.0501. The van der Waals surface area contributed by atoms with Crippen LogP contribution in [0.5, 0.6) is 0 Å². The van der Waals surface area contributed by atoms with E-state index in [9.17, 15) is 4.79 Å². The van der Waals surface area contributed by atoms with Gasteiger partial charge >= 0.3 is 13.2 Å². The first-order valence-corrected chi connectivity index (χ1v) is 7.62. The maximum Gasteiger partial charge on any atom is 0.489 e. The second-order valence-corrected chi connectivity index (χ2v) is 7.42. The minimum Gasteiger partial charge on any atom is -0.444 e. The van der Waals surface area contributed by atoms with E-state index >= 15 is 0 Å².